The molecular formula is C28H20O8. The molecule has 0 aliphatic rings. The first-order valence-electron chi connectivity index (χ1n) is 10.6. The van der Waals surface area contributed by atoms with Crippen LogP contribution in [0.15, 0.2) is 115 Å². The van der Waals surface area contributed by atoms with Gasteiger partial charge in [0.2, 0.25) is 0 Å². The van der Waals surface area contributed by atoms with Crippen molar-refractivity contribution in [3.05, 3.63) is 143 Å². The summed E-state index contributed by atoms with van der Waals surface area (Å²) in [4.78, 5) is 59.1. The van der Waals surface area contributed by atoms with Crippen LogP contribution in [0.1, 0.15) is 47.0 Å². The van der Waals surface area contributed by atoms with Crippen LogP contribution in [-0.2, 0) is 14.7 Å². The van der Waals surface area contributed by atoms with Crippen molar-refractivity contribution in [3.63, 3.8) is 0 Å². The Morgan fingerprint density at radius 3 is 1.22 bits per heavy atom. The minimum atomic E-state index is -0.949. The number of hydrogen-bond acceptors (Lipinski definition) is 8. The summed E-state index contributed by atoms with van der Waals surface area (Å²) in [5, 5.41) is 8.40. The van der Waals surface area contributed by atoms with Gasteiger partial charge in [0.25, 0.3) is 0 Å². The lowest BCUT2D eigenvalue weighted by molar-refractivity contribution is -0.187. The second-order valence-corrected chi connectivity index (χ2v) is 7.09. The number of carbonyl (C=O) groups is 4. The molecule has 0 heterocycles. The van der Waals surface area contributed by atoms with E-state index < -0.39 is 17.9 Å². The molecule has 36 heavy (non-hydrogen) atoms. The Kier molecular flexibility index (Phi) is 9.20. The third kappa shape index (κ3) is 6.96. The highest BCUT2D eigenvalue weighted by molar-refractivity contribution is 6.14. The SMILES string of the molecule is O=C(OO)c1ccccc1C(=O)c1ccccc1.O=C(OOC(=O)c1ccccc1)c1ccccc1. The summed E-state index contributed by atoms with van der Waals surface area (Å²) in [5.41, 5.74) is 1.34. The van der Waals surface area contributed by atoms with Crippen LogP contribution in [-0.4, -0.2) is 28.9 Å². The normalized spacial score (nSPS) is 9.69. The van der Waals surface area contributed by atoms with Gasteiger partial charge in [-0.05, 0) is 30.3 Å². The van der Waals surface area contributed by atoms with Crippen LogP contribution in [0.5, 0.6) is 0 Å². The fourth-order valence-corrected chi connectivity index (χ4v) is 2.97. The van der Waals surface area contributed by atoms with E-state index in [4.69, 9.17) is 5.26 Å². The van der Waals surface area contributed by atoms with Crippen LogP contribution >= 0.6 is 0 Å². The van der Waals surface area contributed by atoms with Gasteiger partial charge in [-0.15, -0.1) is 0 Å². The van der Waals surface area contributed by atoms with Crippen LogP contribution in [0.25, 0.3) is 0 Å². The molecule has 4 aromatic rings. The predicted molar refractivity (Wildman–Crippen MR) is 128 cm³/mol. The van der Waals surface area contributed by atoms with E-state index in [1.54, 1.807) is 103 Å². The van der Waals surface area contributed by atoms with Crippen molar-refractivity contribution in [1.29, 1.82) is 0 Å². The number of ketones is 1. The van der Waals surface area contributed by atoms with E-state index in [0.717, 1.165) is 0 Å². The predicted octanol–water partition coefficient (Wildman–Crippen LogP) is 5.16. The quantitative estimate of drug-likeness (QED) is 0.235. The van der Waals surface area contributed by atoms with Crippen LogP contribution in [0.2, 0.25) is 0 Å². The van der Waals surface area contributed by atoms with Crippen molar-refractivity contribution in [3.8, 4) is 0 Å². The summed E-state index contributed by atoms with van der Waals surface area (Å²) in [5.74, 6) is -2.66. The van der Waals surface area contributed by atoms with Crippen LogP contribution in [0.4, 0.5) is 0 Å². The van der Waals surface area contributed by atoms with E-state index in [-0.39, 0.29) is 16.9 Å². The van der Waals surface area contributed by atoms with Gasteiger partial charge in [-0.3, -0.25) is 9.68 Å². The molecule has 180 valence electrons. The largest absolute Gasteiger partial charge is 0.386 e. The molecule has 0 spiro atoms. The van der Waals surface area contributed by atoms with Crippen molar-refractivity contribution in [2.45, 2.75) is 0 Å². The molecule has 0 fully saturated rings. The van der Waals surface area contributed by atoms with Gasteiger partial charge >= 0.3 is 17.9 Å². The molecule has 0 saturated carbocycles. The fraction of sp³-hybridized carbons (Fsp3) is 0. The van der Waals surface area contributed by atoms with Crippen LogP contribution in [0, 0.1) is 0 Å². The molecule has 8 nitrogen and oxygen atoms in total. The van der Waals surface area contributed by atoms with E-state index >= 15 is 0 Å². The van der Waals surface area contributed by atoms with Gasteiger partial charge in [-0.2, -0.15) is 5.26 Å². The second-order valence-electron chi connectivity index (χ2n) is 7.09. The lowest BCUT2D eigenvalue weighted by Gasteiger charge is -2.05. The Labute approximate surface area is 206 Å². The van der Waals surface area contributed by atoms with Gasteiger partial charge in [0, 0.05) is 11.1 Å². The molecule has 1 N–H and O–H groups in total. The van der Waals surface area contributed by atoms with E-state index in [1.165, 1.54) is 12.1 Å². The Hall–Kier alpha value is -5.08. The maximum absolute atomic E-state index is 12.2. The smallest absolute Gasteiger partial charge is 0.295 e. The van der Waals surface area contributed by atoms with Crippen molar-refractivity contribution in [1.82, 2.24) is 0 Å². The molecule has 0 amide bonds. The number of benzene rings is 4. The van der Waals surface area contributed by atoms with Gasteiger partial charge in [-0.1, -0.05) is 84.9 Å². The highest BCUT2D eigenvalue weighted by atomic mass is 17.2. The summed E-state index contributed by atoms with van der Waals surface area (Å²) in [7, 11) is 0. The highest BCUT2D eigenvalue weighted by Crippen LogP contribution is 2.15. The monoisotopic (exact) mass is 484 g/mol. The average Bonchev–Trinajstić information content (AvgIpc) is 2.96. The van der Waals surface area contributed by atoms with Crippen molar-refractivity contribution in [2.24, 2.45) is 0 Å². The van der Waals surface area contributed by atoms with Gasteiger partial charge < -0.3 is 0 Å². The molecule has 8 heteroatoms. The van der Waals surface area contributed by atoms with Gasteiger partial charge in [0.1, 0.15) is 0 Å². The van der Waals surface area contributed by atoms with Crippen LogP contribution in [0.3, 0.4) is 0 Å². The zero-order valence-electron chi connectivity index (χ0n) is 18.8. The lowest BCUT2D eigenvalue weighted by atomic mass is 9.98. The van der Waals surface area contributed by atoms with E-state index in [9.17, 15) is 19.2 Å². The Morgan fingerprint density at radius 2 is 0.806 bits per heavy atom. The summed E-state index contributed by atoms with van der Waals surface area (Å²) in [6.45, 7) is 0. The number of hydrogen-bond donors (Lipinski definition) is 1. The molecule has 0 aliphatic heterocycles. The third-order valence-electron chi connectivity index (χ3n) is 4.72. The molecule has 0 saturated heterocycles. The molecule has 4 aromatic carbocycles. The number of rotatable bonds is 5. The van der Waals surface area contributed by atoms with E-state index in [1.807, 2.05) is 0 Å². The first kappa shape index (κ1) is 25.5. The second kappa shape index (κ2) is 13.0. The standard InChI is InChI=1S/2C14H10O4/c15-13(11-7-3-1-4-8-11)17-18-14(16)12-9-5-2-6-10-12;15-13(10-6-2-1-3-7-10)11-8-4-5-9-12(11)14(16)18-17/h1-10H;1-9,17H. The first-order valence-corrected chi connectivity index (χ1v) is 10.6. The molecular weight excluding hydrogens is 464 g/mol. The van der Waals surface area contributed by atoms with Gasteiger partial charge in [0.05, 0.1) is 16.7 Å². The minimum Gasteiger partial charge on any atom is -0.295 e. The summed E-state index contributed by atoms with van der Waals surface area (Å²) in [6.07, 6.45) is 0. The average molecular weight is 484 g/mol. The molecule has 0 atom stereocenters. The van der Waals surface area contributed by atoms with Crippen molar-refractivity contribution < 1.29 is 39.1 Å². The zero-order valence-corrected chi connectivity index (χ0v) is 18.8. The first-order chi connectivity index (χ1) is 17.5. The maximum Gasteiger partial charge on any atom is 0.386 e. The topological polar surface area (TPSA) is 116 Å². The Balaban J connectivity index is 0.000000201. The maximum atomic E-state index is 12.2. The fourth-order valence-electron chi connectivity index (χ4n) is 2.97. The lowest BCUT2D eigenvalue weighted by Crippen LogP contribution is -2.11. The van der Waals surface area contributed by atoms with E-state index in [2.05, 4.69) is 14.7 Å². The van der Waals surface area contributed by atoms with Crippen molar-refractivity contribution >= 4 is 23.7 Å². The molecule has 0 unspecified atom stereocenters. The summed E-state index contributed by atoms with van der Waals surface area (Å²) in [6, 6.07) is 31.3. The number of carbonyl (C=O) groups excluding carboxylic acids is 4. The molecule has 0 bridgehead atoms. The molecule has 0 aromatic heterocycles. The zero-order chi connectivity index (χ0) is 25.8. The summed E-state index contributed by atoms with van der Waals surface area (Å²) < 4.78 is 0. The van der Waals surface area contributed by atoms with Crippen molar-refractivity contribution in [2.75, 3.05) is 0 Å². The molecule has 4 rings (SSSR count). The minimum absolute atomic E-state index is 0.0360. The van der Waals surface area contributed by atoms with Gasteiger partial charge in [0.15, 0.2) is 5.78 Å². The third-order valence-corrected chi connectivity index (χ3v) is 4.72. The molecule has 0 radical (unpaired) electrons. The van der Waals surface area contributed by atoms with Gasteiger partial charge in [-0.25, -0.2) is 24.2 Å². The van der Waals surface area contributed by atoms with E-state index in [0.29, 0.717) is 16.7 Å². The highest BCUT2D eigenvalue weighted by Gasteiger charge is 2.18. The Morgan fingerprint density at radius 1 is 0.444 bits per heavy atom. The Bertz CT molecular complexity index is 1270. The van der Waals surface area contributed by atoms with Crippen LogP contribution < -0.4 is 0 Å². The summed E-state index contributed by atoms with van der Waals surface area (Å²) >= 11 is 0. The molecule has 0 aliphatic carbocycles.